The third-order valence-corrected chi connectivity index (χ3v) is 16.9. The predicted molar refractivity (Wildman–Crippen MR) is 393 cm³/mol. The van der Waals surface area contributed by atoms with Gasteiger partial charge in [0.1, 0.15) is 23.4 Å². The monoisotopic (exact) mass is 1710 g/mol. The van der Waals surface area contributed by atoms with E-state index in [1.807, 2.05) is 12.1 Å². The number of ether oxygens (including phenoxy) is 2. The third-order valence-electron chi connectivity index (χ3n) is 14.7. The average molecular weight is 1720 g/mol. The number of H-pyrrole nitrogens is 1. The van der Waals surface area contributed by atoms with Gasteiger partial charge in [-0.2, -0.15) is 0 Å². The number of nitro groups is 1. The Morgan fingerprint density at radius 3 is 1.41 bits per heavy atom. The highest BCUT2D eigenvalue weighted by Gasteiger charge is 2.24. The number of para-hydroxylation sites is 4. The number of phenols is 2. The fraction of sp³-hybridized carbons (Fsp3) is 0.100. The summed E-state index contributed by atoms with van der Waals surface area (Å²) in [7, 11) is 2.82. The Bertz CT molecular complexity index is 5290. The number of nitro benzene ring substituents is 1. The molecule has 5 aromatic carbocycles. The number of azo groups is 1. The summed E-state index contributed by atoms with van der Waals surface area (Å²) in [6.45, 7) is 1.74. The molecule has 0 saturated heterocycles. The lowest BCUT2D eigenvalue weighted by Crippen LogP contribution is -2.15. The number of anilines is 2. The maximum atomic E-state index is 13.1. The molecule has 0 fully saturated rings. The van der Waals surface area contributed by atoms with Crippen LogP contribution in [0, 0.1) is 17.0 Å². The van der Waals surface area contributed by atoms with Gasteiger partial charge in [-0.1, -0.05) is 54.6 Å². The number of nitrogens with two attached hydrogens (primary N) is 2. The number of aryl methyl sites for hydroxylation is 3. The summed E-state index contributed by atoms with van der Waals surface area (Å²) in [5, 5.41) is 94.5. The molecule has 1 aliphatic carbocycles. The van der Waals surface area contributed by atoms with E-state index in [2.05, 4.69) is 73.6 Å². The summed E-state index contributed by atoms with van der Waals surface area (Å²) < 4.78 is 42.2. The van der Waals surface area contributed by atoms with Crippen LogP contribution < -0.4 is 26.5 Å². The van der Waals surface area contributed by atoms with E-state index in [1.54, 1.807) is 67.6 Å². The van der Waals surface area contributed by atoms with Crippen molar-refractivity contribution in [2.24, 2.45) is 10.2 Å². The van der Waals surface area contributed by atoms with Crippen LogP contribution in [0.3, 0.4) is 0 Å². The Morgan fingerprint density at radius 1 is 0.538 bits per heavy atom. The molecule has 0 saturated carbocycles. The van der Waals surface area contributed by atoms with Crippen LogP contribution in [0.5, 0.6) is 23.0 Å². The Kier molecular flexibility index (Phi) is 27.7. The number of carbonyl (C=O) groups is 6. The van der Waals surface area contributed by atoms with E-state index in [-0.39, 0.29) is 97.1 Å². The third kappa shape index (κ3) is 19.9. The van der Waals surface area contributed by atoms with Gasteiger partial charge in [0.05, 0.1) is 75.9 Å². The molecule has 7 heterocycles. The van der Waals surface area contributed by atoms with Crippen molar-refractivity contribution in [1.82, 2.24) is 9.78 Å². The summed E-state index contributed by atoms with van der Waals surface area (Å²) in [5.74, 6) is -7.48. The Labute approximate surface area is 631 Å². The molecule has 12 aromatic rings. The van der Waals surface area contributed by atoms with Crippen LogP contribution in [0.25, 0.3) is 50.2 Å². The number of aromatic amines is 1. The van der Waals surface area contributed by atoms with Crippen molar-refractivity contribution in [1.29, 1.82) is 0 Å². The molecule has 32 nitrogen and oxygen atoms in total. The molecule has 13 rings (SSSR count). The van der Waals surface area contributed by atoms with Crippen molar-refractivity contribution in [2.75, 3.05) is 25.7 Å². The molecule has 0 amide bonds. The van der Waals surface area contributed by atoms with Gasteiger partial charge in [-0.3, -0.25) is 20.0 Å². The van der Waals surface area contributed by atoms with Crippen molar-refractivity contribution in [3.63, 3.8) is 0 Å². The molecule has 0 spiro atoms. The zero-order valence-corrected chi connectivity index (χ0v) is 61.3. The second-order valence-corrected chi connectivity index (χ2v) is 24.0. The number of aromatic carboxylic acids is 6. The molecular formula is C70H57Br4N7O25. The van der Waals surface area contributed by atoms with Gasteiger partial charge in [-0.25, -0.2) is 33.4 Å². The molecule has 0 atom stereocenters. The predicted octanol–water partition coefficient (Wildman–Crippen LogP) is 17.0. The van der Waals surface area contributed by atoms with Crippen LogP contribution in [0.4, 0.5) is 28.4 Å². The van der Waals surface area contributed by atoms with Gasteiger partial charge in [0.15, 0.2) is 16.1 Å². The van der Waals surface area contributed by atoms with Gasteiger partial charge in [0, 0.05) is 62.7 Å². The van der Waals surface area contributed by atoms with E-state index in [0.29, 0.717) is 75.3 Å². The first-order valence-electron chi connectivity index (χ1n) is 29.9. The lowest BCUT2D eigenvalue weighted by molar-refractivity contribution is -0.385. The number of carboxylic acid groups (broad SMARTS) is 6. The lowest BCUT2D eigenvalue weighted by Gasteiger charge is -2.16. The maximum Gasteiger partial charge on any atom is 0.371 e. The minimum Gasteiger partial charge on any atom is -0.505 e. The second-order valence-electron chi connectivity index (χ2n) is 21.5. The summed E-state index contributed by atoms with van der Waals surface area (Å²) in [6.07, 6.45) is 10.8. The first-order chi connectivity index (χ1) is 50.0. The Morgan fingerprint density at radius 2 is 0.972 bits per heavy atom. The molecule has 106 heavy (non-hydrogen) atoms. The summed E-state index contributed by atoms with van der Waals surface area (Å²) >= 11 is 9.13. The highest BCUT2D eigenvalue weighted by atomic mass is 79.9. The number of carboxylic acids is 6. The number of halogens is 4. The van der Waals surface area contributed by atoms with E-state index in [1.165, 1.54) is 116 Å². The van der Waals surface area contributed by atoms with Crippen molar-refractivity contribution in [2.45, 2.75) is 32.6 Å². The summed E-state index contributed by atoms with van der Waals surface area (Å²) in [5.41, 5.74) is 19.4. The normalized spacial score (nSPS) is 11.0. The summed E-state index contributed by atoms with van der Waals surface area (Å²) in [4.78, 5) is 86.9. The molecule has 0 bridgehead atoms. The minimum atomic E-state index is -1.21. The number of benzene rings is 5. The smallest absolute Gasteiger partial charge is 0.371 e. The molecule has 7 aromatic heterocycles. The fourth-order valence-corrected chi connectivity index (χ4v) is 10.7. The molecule has 13 N–H and O–H groups in total. The SMILES string of the molecule is Br.COc1c(-c2coc(C(=O)O)c2)cccc1[N+](=O)[O-].COc1c(N)cccc1-c1coc(C(=O)O)c1.Cc1[nH]n(-c2ccc3c(c2)CCCC3)c(=O)c1N=Nc1cccc(-c2coc(C(=O)O)c2)c1O.Nc1cccc(-c2coc(C(=O)O)c2)c1O.O=C(O)c1cc(Br)c(Br)o1.O=C(O)c1cc(Br)co1. The number of rotatable bonds is 16. The number of nitrogen functional groups attached to an aromatic ring is 2. The van der Waals surface area contributed by atoms with E-state index in [9.17, 15) is 53.9 Å². The Balaban J connectivity index is 0.000000188. The highest BCUT2D eigenvalue weighted by molar-refractivity contribution is 9.13. The molecule has 36 heteroatoms. The zero-order valence-electron chi connectivity index (χ0n) is 54.8. The Hall–Kier alpha value is -12.7. The van der Waals surface area contributed by atoms with Gasteiger partial charge in [0.25, 0.3) is 5.56 Å². The van der Waals surface area contributed by atoms with Crippen molar-refractivity contribution >= 4 is 129 Å². The summed E-state index contributed by atoms with van der Waals surface area (Å²) in [6, 6.07) is 33.4. The van der Waals surface area contributed by atoms with Crippen LogP contribution in [-0.2, 0) is 12.8 Å². The zero-order chi connectivity index (χ0) is 76.5. The number of fused-ring (bicyclic) bond motifs is 1. The van der Waals surface area contributed by atoms with Crippen LogP contribution in [0.1, 0.15) is 93.0 Å². The second kappa shape index (κ2) is 36.5. The molecular weight excluding hydrogens is 1660 g/mol. The number of hydrogen-bond donors (Lipinski definition) is 11. The van der Waals surface area contributed by atoms with E-state index >= 15 is 0 Å². The fourth-order valence-electron chi connectivity index (χ4n) is 9.80. The maximum absolute atomic E-state index is 13.1. The van der Waals surface area contributed by atoms with Crippen LogP contribution in [0.15, 0.2) is 214 Å². The number of aromatic nitrogens is 2. The van der Waals surface area contributed by atoms with E-state index < -0.39 is 40.7 Å². The number of furan rings is 6. The quantitative estimate of drug-likeness (QED) is 0.0141. The number of nitrogens with zero attached hydrogens (tertiary/aromatic N) is 4. The first-order valence-corrected chi connectivity index (χ1v) is 32.3. The molecule has 550 valence electrons. The number of hydrogen-bond acceptors (Lipinski definition) is 23. The topological polar surface area (TPSA) is 519 Å². The van der Waals surface area contributed by atoms with Crippen molar-refractivity contribution in [3.8, 4) is 73.2 Å². The van der Waals surface area contributed by atoms with E-state index in [4.69, 9.17) is 73.7 Å². The number of methoxy groups -OCH3 is 2. The number of nitrogens with one attached hydrogen (secondary N) is 1. The van der Waals surface area contributed by atoms with Crippen molar-refractivity contribution in [3.05, 3.63) is 244 Å². The number of aromatic hydroxyl groups is 2. The van der Waals surface area contributed by atoms with Crippen LogP contribution in [-0.4, -0.2) is 106 Å². The van der Waals surface area contributed by atoms with Crippen LogP contribution in [0.2, 0.25) is 0 Å². The van der Waals surface area contributed by atoms with Gasteiger partial charge >= 0.3 is 41.5 Å². The number of phenolic OH excluding ortho intramolecular Hbond substituents is 2. The van der Waals surface area contributed by atoms with Crippen molar-refractivity contribution < 1.29 is 111 Å². The largest absolute Gasteiger partial charge is 0.505 e. The average Bonchev–Trinajstić information content (AvgIpc) is 1.60. The van der Waals surface area contributed by atoms with Gasteiger partial charge < -0.3 is 88.3 Å². The van der Waals surface area contributed by atoms with Gasteiger partial charge in [0.2, 0.25) is 40.3 Å². The standard InChI is InChI=1S/C25H22N4O5.C12H9NO6.C12H11NO4.C11H9NO4.C5H2Br2O3.C5H3BrO3.BrH/c1-14-22(24(31)29(28-14)18-10-9-15-5-2-3-6-16(15)11-18)27-26-20-8-4-7-19(23(20)30)17-12-21(25(32)33)34-13-17;1-18-11-8(3-2-4-9(11)13(16)17)7-5-10(12(14)15)19-6-7;1-16-11-8(3-2-4-9(11)13)7-5-10(12(14)15)17-6-7;12-8-3-1-2-7(10(8)13)6-4-9(11(14)15)16-5-6;6-2-1-3(5(8)9)10-4(2)7;6-3-1-4(5(7)8)9-2-3;/h4,7-13,28,30H,2-3,5-6H2,1H3,(H,32,33);2-6H,1H3,(H,14,15);2-6H,13H2,1H3,(H,14,15);1-5,13H,12H2,(H,14,15);1H,(H,8,9);1-2H,(H,7,8);1H. The van der Waals surface area contributed by atoms with Crippen LogP contribution >= 0.6 is 64.8 Å². The molecule has 0 aliphatic heterocycles. The minimum absolute atomic E-state index is 0. The van der Waals surface area contributed by atoms with Gasteiger partial charge in [-0.05, 0) is 146 Å². The lowest BCUT2D eigenvalue weighted by atomic mass is 9.91. The first kappa shape index (κ1) is 80.6. The van der Waals surface area contributed by atoms with Gasteiger partial charge in [-0.15, -0.1) is 27.2 Å². The molecule has 0 unspecified atom stereocenters. The van der Waals surface area contributed by atoms with E-state index in [0.717, 1.165) is 24.9 Å². The molecule has 1 aliphatic rings. The highest BCUT2D eigenvalue weighted by Crippen LogP contribution is 2.41. The molecule has 0 radical (unpaired) electrons.